The molecule has 0 aliphatic carbocycles. The van der Waals surface area contributed by atoms with Crippen LogP contribution in [0.15, 0.2) is 53.1 Å². The van der Waals surface area contributed by atoms with Crippen LogP contribution >= 0.6 is 0 Å². The van der Waals surface area contributed by atoms with Gasteiger partial charge in [-0.25, -0.2) is 9.59 Å². The number of urea groups is 1. The number of carbonyl (C=O) groups excluding carboxylic acids is 2. The van der Waals surface area contributed by atoms with E-state index in [1.54, 1.807) is 23.8 Å². The smallest absolute Gasteiger partial charge is 0.414 e. The van der Waals surface area contributed by atoms with Gasteiger partial charge in [-0.05, 0) is 48.5 Å². The summed E-state index contributed by atoms with van der Waals surface area (Å²) in [6.07, 6.45) is -0.600. The highest BCUT2D eigenvalue weighted by atomic mass is 16.6. The number of aryl methyl sites for hydroxylation is 1. The normalized spacial score (nSPS) is 18.3. The molecule has 3 heterocycles. The molecule has 0 spiro atoms. The molecule has 36 heavy (non-hydrogen) atoms. The number of hydrogen-bond donors (Lipinski definition) is 1. The molecule has 0 radical (unpaired) electrons. The number of carbonyl (C=O) groups is 2. The molecule has 2 aliphatic heterocycles. The molecule has 5 rings (SSSR count). The number of piperazine rings is 1. The molecule has 0 bridgehead atoms. The van der Waals surface area contributed by atoms with Gasteiger partial charge in [0.2, 0.25) is 11.7 Å². The van der Waals surface area contributed by atoms with Crippen molar-refractivity contribution in [2.24, 2.45) is 0 Å². The summed E-state index contributed by atoms with van der Waals surface area (Å²) in [6.45, 7) is 5.45. The van der Waals surface area contributed by atoms with Crippen LogP contribution in [-0.4, -0.2) is 84.5 Å². The minimum atomic E-state index is -0.360. The van der Waals surface area contributed by atoms with E-state index in [9.17, 15) is 9.59 Å². The quantitative estimate of drug-likeness (QED) is 0.558. The van der Waals surface area contributed by atoms with E-state index in [2.05, 4.69) is 20.4 Å². The van der Waals surface area contributed by atoms with Crippen LogP contribution < -0.4 is 15.0 Å². The van der Waals surface area contributed by atoms with Gasteiger partial charge in [0.15, 0.2) is 0 Å². The molecule has 2 saturated heterocycles. The van der Waals surface area contributed by atoms with Crippen LogP contribution in [0.2, 0.25) is 0 Å². The number of amides is 3. The monoisotopic (exact) mass is 492 g/mol. The van der Waals surface area contributed by atoms with Crippen molar-refractivity contribution in [2.75, 3.05) is 56.6 Å². The van der Waals surface area contributed by atoms with Gasteiger partial charge in [-0.2, -0.15) is 4.98 Å². The molecule has 188 valence electrons. The van der Waals surface area contributed by atoms with E-state index in [1.165, 1.54) is 0 Å². The lowest BCUT2D eigenvalue weighted by atomic mass is 10.2. The van der Waals surface area contributed by atoms with Crippen LogP contribution in [0.4, 0.5) is 21.0 Å². The van der Waals surface area contributed by atoms with Gasteiger partial charge in [0.25, 0.3) is 0 Å². The molecule has 11 heteroatoms. The van der Waals surface area contributed by atoms with Gasteiger partial charge in [-0.15, -0.1) is 0 Å². The summed E-state index contributed by atoms with van der Waals surface area (Å²) >= 11 is 0. The third-order valence-corrected chi connectivity index (χ3v) is 6.30. The fourth-order valence-electron chi connectivity index (χ4n) is 4.33. The molecule has 3 aromatic rings. The average molecular weight is 493 g/mol. The number of nitrogens with zero attached hydrogens (tertiary/aromatic N) is 5. The molecule has 3 amide bonds. The number of hydrogen-bond acceptors (Lipinski definition) is 8. The van der Waals surface area contributed by atoms with Crippen molar-refractivity contribution in [3.8, 4) is 17.1 Å². The maximum atomic E-state index is 12.6. The summed E-state index contributed by atoms with van der Waals surface area (Å²) in [6, 6.07) is 14.5. The Bertz CT molecular complexity index is 1200. The van der Waals surface area contributed by atoms with E-state index in [4.69, 9.17) is 14.0 Å². The number of ether oxygens (including phenoxy) is 2. The second kappa shape index (κ2) is 10.2. The molecule has 1 N–H and O–H groups in total. The summed E-state index contributed by atoms with van der Waals surface area (Å²) < 4.78 is 15.8. The van der Waals surface area contributed by atoms with Crippen molar-refractivity contribution in [3.05, 3.63) is 54.4 Å². The Kier molecular flexibility index (Phi) is 6.72. The van der Waals surface area contributed by atoms with Gasteiger partial charge in [0.1, 0.15) is 11.9 Å². The van der Waals surface area contributed by atoms with E-state index < -0.39 is 0 Å². The molecule has 2 aromatic carbocycles. The highest BCUT2D eigenvalue weighted by molar-refractivity contribution is 5.90. The van der Waals surface area contributed by atoms with Crippen LogP contribution in [0.25, 0.3) is 11.4 Å². The van der Waals surface area contributed by atoms with Gasteiger partial charge in [-0.1, -0.05) is 5.16 Å². The first-order chi connectivity index (χ1) is 17.5. The number of rotatable bonds is 6. The molecule has 1 aromatic heterocycles. The van der Waals surface area contributed by atoms with Crippen LogP contribution in [0.1, 0.15) is 5.89 Å². The summed E-state index contributed by atoms with van der Waals surface area (Å²) in [5, 5.41) is 6.84. The van der Waals surface area contributed by atoms with E-state index in [0.717, 1.165) is 22.7 Å². The lowest BCUT2D eigenvalue weighted by molar-refractivity contribution is 0.0863. The Labute approximate surface area is 208 Å². The summed E-state index contributed by atoms with van der Waals surface area (Å²) in [5.41, 5.74) is 2.29. The number of aromatic nitrogens is 2. The van der Waals surface area contributed by atoms with E-state index in [-0.39, 0.29) is 18.2 Å². The van der Waals surface area contributed by atoms with Crippen molar-refractivity contribution in [3.63, 3.8) is 0 Å². The highest BCUT2D eigenvalue weighted by Gasteiger charge is 2.34. The fourth-order valence-corrected chi connectivity index (χ4v) is 4.33. The largest absolute Gasteiger partial charge is 0.497 e. The van der Waals surface area contributed by atoms with Crippen molar-refractivity contribution in [1.29, 1.82) is 0 Å². The number of methoxy groups -OCH3 is 1. The van der Waals surface area contributed by atoms with Crippen molar-refractivity contribution in [1.82, 2.24) is 19.9 Å². The average Bonchev–Trinajstić information content (AvgIpc) is 3.50. The zero-order chi connectivity index (χ0) is 25.1. The maximum Gasteiger partial charge on any atom is 0.414 e. The number of benzene rings is 2. The lowest BCUT2D eigenvalue weighted by Gasteiger charge is -2.35. The SMILES string of the molecule is COc1ccc(NC(=O)N2CCN(CC3CN(c4ccc(-c5noc(C)n5)cc4)C(=O)O3)CC2)cc1. The lowest BCUT2D eigenvalue weighted by Crippen LogP contribution is -2.51. The fraction of sp³-hybridized carbons (Fsp3) is 0.360. The minimum absolute atomic E-state index is 0.127. The third-order valence-electron chi connectivity index (χ3n) is 6.30. The van der Waals surface area contributed by atoms with Crippen molar-refractivity contribution in [2.45, 2.75) is 13.0 Å². The first-order valence-corrected chi connectivity index (χ1v) is 11.8. The Balaban J connectivity index is 1.10. The zero-order valence-electron chi connectivity index (χ0n) is 20.2. The van der Waals surface area contributed by atoms with Crippen molar-refractivity contribution < 1.29 is 23.6 Å². The van der Waals surface area contributed by atoms with Crippen LogP contribution in [0.5, 0.6) is 5.75 Å². The van der Waals surface area contributed by atoms with Gasteiger partial charge in [0.05, 0.1) is 13.7 Å². The predicted molar refractivity (Wildman–Crippen MR) is 132 cm³/mol. The van der Waals surface area contributed by atoms with E-state index >= 15 is 0 Å². The number of nitrogens with one attached hydrogen (secondary N) is 1. The predicted octanol–water partition coefficient (Wildman–Crippen LogP) is 3.23. The highest BCUT2D eigenvalue weighted by Crippen LogP contribution is 2.25. The molecule has 2 fully saturated rings. The summed E-state index contributed by atoms with van der Waals surface area (Å²) in [7, 11) is 1.61. The number of cyclic esters (lactones) is 1. The maximum absolute atomic E-state index is 12.6. The molecule has 0 saturated carbocycles. The van der Waals surface area contributed by atoms with Crippen LogP contribution in [0.3, 0.4) is 0 Å². The summed E-state index contributed by atoms with van der Waals surface area (Å²) in [4.78, 5) is 35.0. The molecular weight excluding hydrogens is 464 g/mol. The molecule has 11 nitrogen and oxygen atoms in total. The molecule has 1 unspecified atom stereocenters. The Morgan fingerprint density at radius 3 is 2.44 bits per heavy atom. The second-order valence-corrected chi connectivity index (χ2v) is 8.75. The third kappa shape index (κ3) is 5.25. The number of anilines is 2. The zero-order valence-corrected chi connectivity index (χ0v) is 20.2. The van der Waals surface area contributed by atoms with Gasteiger partial charge in [-0.3, -0.25) is 9.80 Å². The molecule has 2 aliphatic rings. The Morgan fingerprint density at radius 1 is 1.08 bits per heavy atom. The standard InChI is InChI=1S/C25H28N6O5/c1-17-26-23(28-36-17)18-3-7-20(8-4-18)31-16-22(35-25(31)33)15-29-11-13-30(14-12-29)24(32)27-19-5-9-21(34-2)10-6-19/h3-10,22H,11-16H2,1-2H3,(H,27,32). The van der Waals surface area contributed by atoms with E-state index in [0.29, 0.717) is 51.0 Å². The first-order valence-electron chi connectivity index (χ1n) is 11.8. The van der Waals surface area contributed by atoms with Crippen molar-refractivity contribution >= 4 is 23.5 Å². The van der Waals surface area contributed by atoms with Crippen LogP contribution in [0, 0.1) is 6.92 Å². The Hall–Kier alpha value is -4.12. The topological polar surface area (TPSA) is 113 Å². The van der Waals surface area contributed by atoms with Gasteiger partial charge >= 0.3 is 12.1 Å². The molecule has 1 atom stereocenters. The van der Waals surface area contributed by atoms with Gasteiger partial charge < -0.3 is 24.2 Å². The first kappa shape index (κ1) is 23.6. The Morgan fingerprint density at radius 2 is 1.81 bits per heavy atom. The summed E-state index contributed by atoms with van der Waals surface area (Å²) in [5.74, 6) is 1.75. The van der Waals surface area contributed by atoms with Gasteiger partial charge in [0, 0.05) is 56.6 Å². The molecular formula is C25H28N6O5. The minimum Gasteiger partial charge on any atom is -0.497 e. The van der Waals surface area contributed by atoms with Crippen LogP contribution in [-0.2, 0) is 4.74 Å². The van der Waals surface area contributed by atoms with E-state index in [1.807, 2.05) is 48.5 Å². The second-order valence-electron chi connectivity index (χ2n) is 8.75.